The Labute approximate surface area is 159 Å². The van der Waals surface area contributed by atoms with Gasteiger partial charge in [0.25, 0.3) is 0 Å². The number of aryl methyl sites for hydroxylation is 1. The molecule has 0 aliphatic carbocycles. The fourth-order valence-corrected chi connectivity index (χ4v) is 2.52. The molecule has 0 saturated heterocycles. The molecule has 2 aromatic rings. The summed E-state index contributed by atoms with van der Waals surface area (Å²) in [5.41, 5.74) is 2.17. The van der Waals surface area contributed by atoms with Gasteiger partial charge in [0, 0.05) is 6.21 Å². The molecule has 0 heterocycles. The van der Waals surface area contributed by atoms with Crippen LogP contribution >= 0.6 is 0 Å². The topological polar surface area (TPSA) is 60.6 Å². The maximum absolute atomic E-state index is 11.9. The summed E-state index contributed by atoms with van der Waals surface area (Å²) in [5.74, 6) is 0. The van der Waals surface area contributed by atoms with Gasteiger partial charge in [0.05, 0.1) is 4.90 Å². The van der Waals surface area contributed by atoms with Crippen LogP contribution in [0, 0.1) is 6.92 Å². The molecule has 6 heteroatoms. The van der Waals surface area contributed by atoms with Crippen LogP contribution in [0.1, 0.15) is 11.1 Å². The van der Waals surface area contributed by atoms with Gasteiger partial charge in [-0.05, 0) is 37.1 Å². The molecule has 0 saturated carbocycles. The van der Waals surface area contributed by atoms with Gasteiger partial charge < -0.3 is 9.93 Å². The van der Waals surface area contributed by atoms with Crippen LogP contribution < -0.4 is 29.6 Å². The third-order valence-electron chi connectivity index (χ3n) is 2.96. The Hall–Kier alpha value is -1.40. The maximum atomic E-state index is 11.9. The van der Waals surface area contributed by atoms with Crippen molar-refractivity contribution in [2.45, 2.75) is 18.2 Å². The fourth-order valence-electron chi connectivity index (χ4n) is 1.76. The first-order valence-corrected chi connectivity index (χ1v) is 8.28. The molecule has 0 fully saturated rings. The molecule has 114 valence electrons. The average molecular weight is 336 g/mol. The summed E-state index contributed by atoms with van der Waals surface area (Å²) in [6, 6.07) is 16.5. The second-order valence-corrected chi connectivity index (χ2v) is 6.34. The van der Waals surface area contributed by atoms with E-state index in [1.165, 1.54) is 23.9 Å². The van der Waals surface area contributed by atoms with Crippen molar-refractivity contribution in [3.05, 3.63) is 82.7 Å². The summed E-state index contributed by atoms with van der Waals surface area (Å²) >= 11 is 0. The summed E-state index contributed by atoms with van der Waals surface area (Å²) in [6.45, 7) is 1.89. The van der Waals surface area contributed by atoms with Gasteiger partial charge in [-0.15, -0.1) is 0 Å². The summed E-state index contributed by atoms with van der Waals surface area (Å²) in [5, 5.41) is 3.60. The summed E-state index contributed by atoms with van der Waals surface area (Å²) in [4.78, 5) is 3.53. The van der Waals surface area contributed by atoms with Crippen LogP contribution in [-0.2, 0) is 16.4 Å². The van der Waals surface area contributed by atoms with E-state index >= 15 is 0 Å². The quantitative estimate of drug-likeness (QED) is 0.446. The summed E-state index contributed by atoms with van der Waals surface area (Å²) in [6.07, 6.45) is 5.71. The second-order valence-electron chi connectivity index (χ2n) is 4.75. The van der Waals surface area contributed by atoms with Gasteiger partial charge in [0.15, 0.2) is 0 Å². The average Bonchev–Trinajstić information content (AvgIpc) is 2.52. The Morgan fingerprint density at radius 1 is 1.04 bits per heavy atom. The zero-order valence-corrected chi connectivity index (χ0v) is 16.1. The molecule has 0 aliphatic heterocycles. The molecule has 23 heavy (non-hydrogen) atoms. The van der Waals surface area contributed by atoms with Gasteiger partial charge in [0.1, 0.15) is 10.0 Å². The van der Waals surface area contributed by atoms with Gasteiger partial charge in [-0.25, -0.2) is 8.42 Å². The summed E-state index contributed by atoms with van der Waals surface area (Å²) < 4.78 is 23.8. The van der Waals surface area contributed by atoms with Crippen molar-refractivity contribution in [1.29, 1.82) is 0 Å². The van der Waals surface area contributed by atoms with E-state index in [1.54, 1.807) is 18.2 Å². The first-order valence-electron chi connectivity index (χ1n) is 6.84. The number of benzene rings is 2. The van der Waals surface area contributed by atoms with Crippen LogP contribution in [0.15, 0.2) is 76.7 Å². The Kier molecular flexibility index (Phi) is 8.26. The van der Waals surface area contributed by atoms with E-state index in [0.717, 1.165) is 12.0 Å². The third kappa shape index (κ3) is 6.71. The number of hydrogen-bond donors (Lipinski definition) is 0. The molecule has 0 aliphatic rings. The molecule has 0 bridgehead atoms. The Morgan fingerprint density at radius 3 is 2.35 bits per heavy atom. The normalized spacial score (nSPS) is 11.5. The monoisotopic (exact) mass is 336 g/mol. The summed E-state index contributed by atoms with van der Waals surface area (Å²) in [7, 11) is -3.72. The van der Waals surface area contributed by atoms with E-state index in [1.807, 2.05) is 43.3 Å². The van der Waals surface area contributed by atoms with Gasteiger partial charge in [-0.1, -0.05) is 54.1 Å². The first kappa shape index (κ1) is 19.6. The largest absolute Gasteiger partial charge is 1.00 e. The van der Waals surface area contributed by atoms with E-state index in [2.05, 4.69) is 9.93 Å². The molecular weight excluding hydrogens is 319 g/mol. The van der Waals surface area contributed by atoms with Crippen molar-refractivity contribution >= 4 is 16.2 Å². The predicted molar refractivity (Wildman–Crippen MR) is 89.5 cm³/mol. The van der Waals surface area contributed by atoms with E-state index in [9.17, 15) is 8.42 Å². The zero-order valence-electron chi connectivity index (χ0n) is 13.3. The van der Waals surface area contributed by atoms with Crippen LogP contribution in [0.2, 0.25) is 0 Å². The smallest absolute Gasteiger partial charge is 0.491 e. The van der Waals surface area contributed by atoms with E-state index in [0.29, 0.717) is 0 Å². The number of hydrogen-bond acceptors (Lipinski definition) is 3. The second kappa shape index (κ2) is 9.67. The molecule has 0 spiro atoms. The van der Waals surface area contributed by atoms with Crippen molar-refractivity contribution < 1.29 is 38.0 Å². The zero-order chi connectivity index (χ0) is 15.8. The molecular formula is C17H17N2NaO2S. The number of allylic oxidation sites excluding steroid dienone is 2. The van der Waals surface area contributed by atoms with Crippen LogP contribution in [0.4, 0.5) is 0 Å². The molecule has 0 aromatic heterocycles. The van der Waals surface area contributed by atoms with Crippen LogP contribution in [0.25, 0.3) is 4.83 Å². The van der Waals surface area contributed by atoms with Crippen molar-refractivity contribution in [3.8, 4) is 0 Å². The van der Waals surface area contributed by atoms with Crippen LogP contribution in [0.5, 0.6) is 0 Å². The minimum atomic E-state index is -3.72. The van der Waals surface area contributed by atoms with Gasteiger partial charge in [-0.2, -0.15) is 0 Å². The molecule has 0 radical (unpaired) electrons. The van der Waals surface area contributed by atoms with Gasteiger partial charge in [-0.3, -0.25) is 0 Å². The SMILES string of the molecule is Cc1ccc(S(=O)(=O)[N-]/N=C\C=C\Cc2ccccc2)cc1.[Na+]. The minimum Gasteiger partial charge on any atom is -0.491 e. The van der Waals surface area contributed by atoms with Crippen LogP contribution in [-0.4, -0.2) is 14.6 Å². The van der Waals surface area contributed by atoms with Crippen LogP contribution in [0.3, 0.4) is 0 Å². The standard InChI is InChI=1S/C17H17N2O2S.Na/c1-15-10-12-17(13-11-15)22(20,21)19-18-14-6-5-9-16-7-3-2-4-8-16;/h2-8,10-14H,9H2,1H3;/q-1;+1/b6-5+,18-14-;. The number of nitrogens with zero attached hydrogens (tertiary/aromatic N) is 2. The van der Waals surface area contributed by atoms with E-state index in [-0.39, 0.29) is 34.5 Å². The molecule has 4 nitrogen and oxygen atoms in total. The number of rotatable bonds is 6. The van der Waals surface area contributed by atoms with Gasteiger partial charge in [0.2, 0.25) is 0 Å². The van der Waals surface area contributed by atoms with Crippen molar-refractivity contribution in [3.63, 3.8) is 0 Å². The molecule has 0 N–H and O–H groups in total. The predicted octanol–water partition coefficient (Wildman–Crippen LogP) is 0.846. The van der Waals surface area contributed by atoms with E-state index < -0.39 is 10.0 Å². The maximum Gasteiger partial charge on any atom is 1.00 e. The molecule has 0 atom stereocenters. The minimum absolute atomic E-state index is 0. The van der Waals surface area contributed by atoms with Gasteiger partial charge >= 0.3 is 29.6 Å². The molecule has 2 aromatic carbocycles. The Morgan fingerprint density at radius 2 is 1.70 bits per heavy atom. The third-order valence-corrected chi connectivity index (χ3v) is 4.14. The van der Waals surface area contributed by atoms with Crippen molar-refractivity contribution in [1.82, 2.24) is 0 Å². The molecule has 2 rings (SSSR count). The number of sulfonamides is 1. The van der Waals surface area contributed by atoms with Crippen molar-refractivity contribution in [2.24, 2.45) is 5.10 Å². The molecule has 0 amide bonds. The van der Waals surface area contributed by atoms with Crippen molar-refractivity contribution in [2.75, 3.05) is 0 Å². The fraction of sp³-hybridized carbons (Fsp3) is 0.118. The first-order chi connectivity index (χ1) is 10.6. The Bertz CT molecular complexity index is 755. The van der Waals surface area contributed by atoms with E-state index in [4.69, 9.17) is 0 Å². The Balaban J connectivity index is 0.00000264. The molecule has 0 unspecified atom stereocenters.